The highest BCUT2D eigenvalue weighted by Gasteiger charge is 2.29. The maximum Gasteiger partial charge on any atom is 0.263 e. The molecule has 0 fully saturated rings. The smallest absolute Gasteiger partial charge is 0.263 e. The van der Waals surface area contributed by atoms with Gasteiger partial charge in [-0.15, -0.1) is 0 Å². The first kappa shape index (κ1) is 24.4. The summed E-state index contributed by atoms with van der Waals surface area (Å²) in [6.07, 6.45) is 0. The lowest BCUT2D eigenvalue weighted by atomic mass is 10.2. The first-order chi connectivity index (χ1) is 15.8. The van der Waals surface area contributed by atoms with Crippen LogP contribution in [-0.4, -0.2) is 56.2 Å². The molecule has 0 saturated carbocycles. The van der Waals surface area contributed by atoms with E-state index in [9.17, 15) is 13.2 Å². The van der Waals surface area contributed by atoms with Gasteiger partial charge in [0.25, 0.3) is 10.0 Å². The summed E-state index contributed by atoms with van der Waals surface area (Å²) in [6, 6.07) is 15.6. The van der Waals surface area contributed by atoms with E-state index in [4.69, 9.17) is 14.2 Å². The molecule has 3 rings (SSSR count). The van der Waals surface area contributed by atoms with Crippen molar-refractivity contribution in [3.05, 3.63) is 71.4 Å². The van der Waals surface area contributed by atoms with Crippen LogP contribution in [0.4, 0.5) is 0 Å². The number of benzene rings is 2. The summed E-state index contributed by atoms with van der Waals surface area (Å²) < 4.78 is 45.0. The second-order valence-corrected chi connectivity index (χ2v) is 9.20. The van der Waals surface area contributed by atoms with E-state index in [-0.39, 0.29) is 36.2 Å². The largest absolute Gasteiger partial charge is 0.497 e. The third-order valence-electron chi connectivity index (χ3n) is 5.06. The van der Waals surface area contributed by atoms with Crippen molar-refractivity contribution in [1.82, 2.24) is 14.1 Å². The van der Waals surface area contributed by atoms with Crippen molar-refractivity contribution in [3.8, 4) is 11.5 Å². The molecule has 0 N–H and O–H groups in total. The molecule has 33 heavy (non-hydrogen) atoms. The first-order valence-electron chi connectivity index (χ1n) is 10.1. The summed E-state index contributed by atoms with van der Waals surface area (Å²) in [5, 5.41) is 3.91. The van der Waals surface area contributed by atoms with Gasteiger partial charge in [-0.2, -0.15) is 9.40 Å². The van der Waals surface area contributed by atoms with Gasteiger partial charge in [0.15, 0.2) is 5.03 Å². The quantitative estimate of drug-likeness (QED) is 0.395. The van der Waals surface area contributed by atoms with Crippen LogP contribution in [0.25, 0.3) is 0 Å². The van der Waals surface area contributed by atoms with Gasteiger partial charge in [-0.05, 0) is 35.4 Å². The maximum absolute atomic E-state index is 13.6. The van der Waals surface area contributed by atoms with Crippen LogP contribution in [0.15, 0.2) is 59.6 Å². The molecule has 3 aromatic rings. The Balaban J connectivity index is 1.96. The third-order valence-corrected chi connectivity index (χ3v) is 6.72. The van der Waals surface area contributed by atoms with E-state index in [0.717, 1.165) is 11.1 Å². The number of ether oxygens (including phenoxy) is 3. The van der Waals surface area contributed by atoms with Crippen LogP contribution in [0.2, 0.25) is 0 Å². The maximum atomic E-state index is 13.6. The summed E-state index contributed by atoms with van der Waals surface area (Å²) in [4.78, 5) is 12.3. The van der Waals surface area contributed by atoms with Crippen molar-refractivity contribution in [2.45, 2.75) is 18.1 Å². The number of methoxy groups -OCH3 is 3. The van der Waals surface area contributed by atoms with Crippen molar-refractivity contribution in [3.63, 3.8) is 0 Å². The molecular weight excluding hydrogens is 446 g/mol. The lowest BCUT2D eigenvalue weighted by Crippen LogP contribution is -2.30. The van der Waals surface area contributed by atoms with Gasteiger partial charge in [0.1, 0.15) is 23.8 Å². The number of carbonyl (C=O) groups excluding carboxylic acids is 1. The number of aromatic nitrogens is 2. The molecule has 1 heterocycles. The molecule has 0 aliphatic rings. The Morgan fingerprint density at radius 1 is 0.909 bits per heavy atom. The highest BCUT2D eigenvalue weighted by atomic mass is 32.2. The minimum absolute atomic E-state index is 0.107. The monoisotopic (exact) mass is 473 g/mol. The van der Waals surface area contributed by atoms with E-state index >= 15 is 0 Å². The number of sulfonamides is 1. The molecule has 0 saturated heterocycles. The molecule has 0 atom stereocenters. The lowest BCUT2D eigenvalue weighted by molar-refractivity contribution is 0.0838. The summed E-state index contributed by atoms with van der Waals surface area (Å²) in [7, 11) is 2.03. The van der Waals surface area contributed by atoms with Crippen molar-refractivity contribution in [2.75, 3.05) is 27.9 Å². The van der Waals surface area contributed by atoms with E-state index in [1.165, 1.54) is 29.2 Å². The minimum atomic E-state index is -4.03. The Labute approximate surface area is 193 Å². The topological polar surface area (TPSA) is 100.0 Å². The fourth-order valence-corrected chi connectivity index (χ4v) is 4.65. The van der Waals surface area contributed by atoms with Crippen molar-refractivity contribution in [2.24, 2.45) is 7.05 Å². The molecule has 1 aromatic heterocycles. The third kappa shape index (κ3) is 5.78. The SMILES string of the molecule is COCC(=O)c1cc(S(=O)(=O)N(Cc2ccc(OC)cc2)Cc2ccc(OC)cc2)nn1C. The van der Waals surface area contributed by atoms with E-state index < -0.39 is 10.0 Å². The van der Waals surface area contributed by atoms with E-state index in [0.29, 0.717) is 11.5 Å². The number of hydrogen-bond donors (Lipinski definition) is 0. The van der Waals surface area contributed by atoms with Gasteiger partial charge in [-0.1, -0.05) is 24.3 Å². The predicted octanol–water partition coefficient (Wildman–Crippen LogP) is 2.66. The van der Waals surface area contributed by atoms with Gasteiger partial charge in [0.05, 0.1) is 14.2 Å². The van der Waals surface area contributed by atoms with Crippen LogP contribution < -0.4 is 9.47 Å². The Bertz CT molecular complexity index is 1140. The van der Waals surface area contributed by atoms with Crippen molar-refractivity contribution >= 4 is 15.8 Å². The van der Waals surface area contributed by atoms with E-state index in [1.807, 2.05) is 0 Å². The Morgan fingerprint density at radius 2 is 1.39 bits per heavy atom. The molecular formula is C23H27N3O6S. The zero-order valence-corrected chi connectivity index (χ0v) is 19.8. The molecule has 0 spiro atoms. The van der Waals surface area contributed by atoms with Crippen molar-refractivity contribution < 1.29 is 27.4 Å². The standard InChI is InChI=1S/C23H27N3O6S/c1-25-21(22(27)16-30-2)13-23(24-25)33(28,29)26(14-17-5-9-19(31-3)10-6-17)15-18-7-11-20(32-4)12-8-18/h5-13H,14-16H2,1-4H3. The van der Waals surface area contributed by atoms with E-state index in [2.05, 4.69) is 5.10 Å². The highest BCUT2D eigenvalue weighted by molar-refractivity contribution is 7.89. The number of nitrogens with zero attached hydrogens (tertiary/aromatic N) is 3. The summed E-state index contributed by atoms with van der Waals surface area (Å²) in [5.41, 5.74) is 1.71. The molecule has 10 heteroatoms. The Morgan fingerprint density at radius 3 is 1.82 bits per heavy atom. The zero-order valence-electron chi connectivity index (χ0n) is 19.0. The normalized spacial score (nSPS) is 11.5. The molecule has 0 aliphatic carbocycles. The van der Waals surface area contributed by atoms with Crippen LogP contribution in [0.1, 0.15) is 21.6 Å². The summed E-state index contributed by atoms with van der Waals surface area (Å²) in [6.45, 7) is 0.0486. The van der Waals surface area contributed by atoms with Crippen LogP contribution in [-0.2, 0) is 34.9 Å². The van der Waals surface area contributed by atoms with Gasteiger partial charge in [-0.25, -0.2) is 8.42 Å². The fraction of sp³-hybridized carbons (Fsp3) is 0.304. The fourth-order valence-electron chi connectivity index (χ4n) is 3.26. The number of hydrogen-bond acceptors (Lipinski definition) is 7. The number of rotatable bonds is 11. The zero-order chi connectivity index (χ0) is 24.0. The molecule has 0 bridgehead atoms. The number of Topliss-reactive ketones (excluding diaryl/α,β-unsaturated/α-hetero) is 1. The van der Waals surface area contributed by atoms with E-state index in [1.54, 1.807) is 62.8 Å². The summed E-state index contributed by atoms with van der Waals surface area (Å²) >= 11 is 0. The molecule has 0 amide bonds. The number of carbonyl (C=O) groups is 1. The Kier molecular flexibility index (Phi) is 7.85. The molecule has 0 radical (unpaired) electrons. The second kappa shape index (κ2) is 10.6. The van der Waals surface area contributed by atoms with Gasteiger partial charge in [-0.3, -0.25) is 9.48 Å². The first-order valence-corrected chi connectivity index (χ1v) is 11.5. The molecule has 0 unspecified atom stereocenters. The molecule has 9 nitrogen and oxygen atoms in total. The molecule has 176 valence electrons. The summed E-state index contributed by atoms with van der Waals surface area (Å²) in [5.74, 6) is 0.995. The number of aryl methyl sites for hydroxylation is 1. The van der Waals surface area contributed by atoms with Crippen LogP contribution in [0, 0.1) is 0 Å². The lowest BCUT2D eigenvalue weighted by Gasteiger charge is -2.21. The second-order valence-electron chi connectivity index (χ2n) is 7.32. The average Bonchev–Trinajstić information content (AvgIpc) is 3.22. The highest BCUT2D eigenvalue weighted by Crippen LogP contribution is 2.23. The van der Waals surface area contributed by atoms with Crippen LogP contribution >= 0.6 is 0 Å². The van der Waals surface area contributed by atoms with Gasteiger partial charge in [0.2, 0.25) is 5.78 Å². The van der Waals surface area contributed by atoms with Crippen LogP contribution in [0.5, 0.6) is 11.5 Å². The van der Waals surface area contributed by atoms with Crippen LogP contribution in [0.3, 0.4) is 0 Å². The average molecular weight is 474 g/mol. The predicted molar refractivity (Wildman–Crippen MR) is 122 cm³/mol. The van der Waals surface area contributed by atoms with Gasteiger partial charge < -0.3 is 14.2 Å². The Hall–Kier alpha value is -3.21. The van der Waals surface area contributed by atoms with Gasteiger partial charge in [0, 0.05) is 33.3 Å². The number of ketones is 1. The molecule has 2 aromatic carbocycles. The van der Waals surface area contributed by atoms with Crippen molar-refractivity contribution in [1.29, 1.82) is 0 Å². The minimum Gasteiger partial charge on any atom is -0.497 e. The molecule has 0 aliphatic heterocycles. The van der Waals surface area contributed by atoms with Gasteiger partial charge >= 0.3 is 0 Å².